The van der Waals surface area contributed by atoms with Gasteiger partial charge in [0.1, 0.15) is 24.2 Å². The van der Waals surface area contributed by atoms with Gasteiger partial charge in [-0.15, -0.1) is 0 Å². The molecule has 1 N–H and O–H groups in total. The first-order valence-corrected chi connectivity index (χ1v) is 10.6. The van der Waals surface area contributed by atoms with Gasteiger partial charge in [-0.25, -0.2) is 0 Å². The van der Waals surface area contributed by atoms with Gasteiger partial charge in [-0.1, -0.05) is 32.9 Å². The molecule has 2 heterocycles. The number of aliphatic hydroxyl groups is 1. The zero-order valence-electron chi connectivity index (χ0n) is 18.8. The summed E-state index contributed by atoms with van der Waals surface area (Å²) in [7, 11) is 0. The van der Waals surface area contributed by atoms with Crippen LogP contribution in [-0.2, 0) is 5.41 Å². The fourth-order valence-corrected chi connectivity index (χ4v) is 3.65. The molecule has 0 bridgehead atoms. The van der Waals surface area contributed by atoms with E-state index >= 15 is 0 Å². The highest BCUT2D eigenvalue weighted by molar-refractivity contribution is 5.91. The van der Waals surface area contributed by atoms with Gasteiger partial charge in [0.05, 0.1) is 0 Å². The highest BCUT2D eigenvalue weighted by Gasteiger charge is 2.25. The Bertz CT molecular complexity index is 860. The zero-order chi connectivity index (χ0) is 21.9. The summed E-state index contributed by atoms with van der Waals surface area (Å²) in [6.07, 6.45) is -0.582. The second kappa shape index (κ2) is 9.23. The molecule has 2 aromatic rings. The van der Waals surface area contributed by atoms with Crippen molar-refractivity contribution in [2.75, 3.05) is 39.3 Å². The Morgan fingerprint density at radius 1 is 1.13 bits per heavy atom. The first-order valence-electron chi connectivity index (χ1n) is 10.6. The van der Waals surface area contributed by atoms with Crippen molar-refractivity contribution >= 4 is 5.91 Å². The van der Waals surface area contributed by atoms with Crippen molar-refractivity contribution in [1.82, 2.24) is 9.80 Å². The first kappa shape index (κ1) is 22.4. The Labute approximate surface area is 179 Å². The molecule has 0 radical (unpaired) electrons. The summed E-state index contributed by atoms with van der Waals surface area (Å²) in [5, 5.41) is 10.4. The number of carbonyl (C=O) groups is 1. The molecule has 1 aliphatic rings. The average Bonchev–Trinajstić information content (AvgIpc) is 3.12. The highest BCUT2D eigenvalue weighted by atomic mass is 16.5. The van der Waals surface area contributed by atoms with Crippen molar-refractivity contribution in [2.24, 2.45) is 0 Å². The average molecular weight is 415 g/mol. The van der Waals surface area contributed by atoms with Crippen LogP contribution in [0.4, 0.5) is 0 Å². The first-order chi connectivity index (χ1) is 14.1. The van der Waals surface area contributed by atoms with Crippen LogP contribution in [0.2, 0.25) is 0 Å². The largest absolute Gasteiger partial charge is 0.491 e. The number of rotatable bonds is 6. The van der Waals surface area contributed by atoms with E-state index in [4.69, 9.17) is 9.15 Å². The van der Waals surface area contributed by atoms with Crippen molar-refractivity contribution in [3.05, 3.63) is 53.0 Å². The van der Waals surface area contributed by atoms with Crippen molar-refractivity contribution in [3.63, 3.8) is 0 Å². The lowest BCUT2D eigenvalue weighted by Gasteiger charge is -2.35. The van der Waals surface area contributed by atoms with Crippen molar-refractivity contribution < 1.29 is 19.1 Å². The van der Waals surface area contributed by atoms with E-state index in [9.17, 15) is 9.90 Å². The maximum Gasteiger partial charge on any atom is 0.289 e. The molecule has 1 unspecified atom stereocenters. The molecule has 1 aliphatic heterocycles. The molecule has 1 amide bonds. The summed E-state index contributed by atoms with van der Waals surface area (Å²) >= 11 is 0. The number of amides is 1. The molecule has 3 rings (SSSR count). The molecule has 6 heteroatoms. The van der Waals surface area contributed by atoms with Crippen LogP contribution in [0.1, 0.15) is 48.2 Å². The van der Waals surface area contributed by atoms with Gasteiger partial charge < -0.3 is 19.2 Å². The van der Waals surface area contributed by atoms with Crippen LogP contribution >= 0.6 is 0 Å². The van der Waals surface area contributed by atoms with E-state index in [2.05, 4.69) is 37.8 Å². The van der Waals surface area contributed by atoms with Crippen LogP contribution in [0, 0.1) is 13.8 Å². The number of carbonyl (C=O) groups excluding carboxylic acids is 1. The van der Waals surface area contributed by atoms with E-state index in [1.807, 2.05) is 19.9 Å². The predicted molar refractivity (Wildman–Crippen MR) is 117 cm³/mol. The minimum atomic E-state index is -0.582. The molecule has 1 fully saturated rings. The van der Waals surface area contributed by atoms with E-state index in [0.29, 0.717) is 25.4 Å². The monoisotopic (exact) mass is 414 g/mol. The molecular formula is C24H34N2O4. The molecule has 164 valence electrons. The number of furan rings is 1. The van der Waals surface area contributed by atoms with Crippen LogP contribution in [0.3, 0.4) is 0 Å². The topological polar surface area (TPSA) is 66.2 Å². The standard InChI is InChI=1S/C24H34N2O4/c1-17-14-19(24(3,4)5)7-9-21(17)29-16-20(27)15-25-10-12-26(13-11-25)23(28)22-8-6-18(2)30-22/h6-9,14,20,27H,10-13,15-16H2,1-5H3. The molecule has 1 atom stereocenters. The maximum atomic E-state index is 12.5. The second-order valence-corrected chi connectivity index (χ2v) is 9.20. The summed E-state index contributed by atoms with van der Waals surface area (Å²) in [6.45, 7) is 13.9. The quantitative estimate of drug-likeness (QED) is 0.785. The molecule has 0 spiro atoms. The summed E-state index contributed by atoms with van der Waals surface area (Å²) in [5.74, 6) is 1.87. The highest BCUT2D eigenvalue weighted by Crippen LogP contribution is 2.27. The van der Waals surface area contributed by atoms with E-state index in [1.54, 1.807) is 17.0 Å². The Hall–Kier alpha value is -2.31. The zero-order valence-corrected chi connectivity index (χ0v) is 18.8. The summed E-state index contributed by atoms with van der Waals surface area (Å²) in [5.41, 5.74) is 2.45. The van der Waals surface area contributed by atoms with E-state index in [0.717, 1.165) is 30.2 Å². The van der Waals surface area contributed by atoms with Crippen LogP contribution in [0.25, 0.3) is 0 Å². The number of hydrogen-bond acceptors (Lipinski definition) is 5. The molecule has 1 aromatic heterocycles. The van der Waals surface area contributed by atoms with Crippen LogP contribution in [-0.4, -0.2) is 66.2 Å². The van der Waals surface area contributed by atoms with Gasteiger partial charge in [0.15, 0.2) is 5.76 Å². The van der Waals surface area contributed by atoms with Crippen LogP contribution in [0.15, 0.2) is 34.7 Å². The Balaban J connectivity index is 1.44. The lowest BCUT2D eigenvalue weighted by atomic mass is 9.86. The fourth-order valence-electron chi connectivity index (χ4n) is 3.65. The molecule has 0 saturated carbocycles. The molecule has 1 saturated heterocycles. The van der Waals surface area contributed by atoms with Crippen LogP contribution < -0.4 is 4.74 Å². The Kier molecular flexibility index (Phi) is 6.88. The molecule has 1 aromatic carbocycles. The second-order valence-electron chi connectivity index (χ2n) is 9.20. The molecule has 6 nitrogen and oxygen atoms in total. The predicted octanol–water partition coefficient (Wildman–Crippen LogP) is 3.39. The van der Waals surface area contributed by atoms with Gasteiger partial charge in [-0.05, 0) is 48.6 Å². The van der Waals surface area contributed by atoms with Crippen molar-refractivity contribution in [1.29, 1.82) is 0 Å². The lowest BCUT2D eigenvalue weighted by Crippen LogP contribution is -2.50. The fraction of sp³-hybridized carbons (Fsp3) is 0.542. The third-order valence-electron chi connectivity index (χ3n) is 5.55. The number of piperazine rings is 1. The Morgan fingerprint density at radius 2 is 1.83 bits per heavy atom. The van der Waals surface area contributed by atoms with E-state index in [-0.39, 0.29) is 17.9 Å². The van der Waals surface area contributed by atoms with Crippen LogP contribution in [0.5, 0.6) is 5.75 Å². The summed E-state index contributed by atoms with van der Waals surface area (Å²) in [6, 6.07) is 9.76. The van der Waals surface area contributed by atoms with E-state index < -0.39 is 6.10 Å². The molecular weight excluding hydrogens is 380 g/mol. The summed E-state index contributed by atoms with van der Waals surface area (Å²) in [4.78, 5) is 16.4. The number of benzene rings is 1. The minimum Gasteiger partial charge on any atom is -0.491 e. The SMILES string of the molecule is Cc1ccc(C(=O)N2CCN(CC(O)COc3ccc(C(C)(C)C)cc3C)CC2)o1. The Morgan fingerprint density at radius 3 is 2.40 bits per heavy atom. The maximum absolute atomic E-state index is 12.5. The third kappa shape index (κ3) is 5.64. The third-order valence-corrected chi connectivity index (χ3v) is 5.55. The van der Waals surface area contributed by atoms with Crippen molar-refractivity contribution in [2.45, 2.75) is 46.1 Å². The van der Waals surface area contributed by atoms with Gasteiger partial charge in [-0.2, -0.15) is 0 Å². The van der Waals surface area contributed by atoms with Gasteiger partial charge in [0.25, 0.3) is 5.91 Å². The van der Waals surface area contributed by atoms with Gasteiger partial charge in [0, 0.05) is 32.7 Å². The van der Waals surface area contributed by atoms with Gasteiger partial charge in [-0.3, -0.25) is 9.69 Å². The normalized spacial score (nSPS) is 16.5. The number of β-amino-alcohol motifs (C(OH)–C–C–N with tert-alkyl or cyclic N) is 1. The van der Waals surface area contributed by atoms with E-state index in [1.165, 1.54) is 5.56 Å². The van der Waals surface area contributed by atoms with Crippen molar-refractivity contribution in [3.8, 4) is 5.75 Å². The number of aryl methyl sites for hydroxylation is 2. The number of aliphatic hydroxyl groups excluding tert-OH is 1. The minimum absolute atomic E-state index is 0.0687. The molecule has 30 heavy (non-hydrogen) atoms. The lowest BCUT2D eigenvalue weighted by molar-refractivity contribution is 0.0388. The van der Waals surface area contributed by atoms with Gasteiger partial charge >= 0.3 is 0 Å². The van der Waals surface area contributed by atoms with Gasteiger partial charge in [0.2, 0.25) is 0 Å². The summed E-state index contributed by atoms with van der Waals surface area (Å²) < 4.78 is 11.3. The smallest absolute Gasteiger partial charge is 0.289 e. The number of hydrogen-bond donors (Lipinski definition) is 1. The molecule has 0 aliphatic carbocycles. The number of nitrogens with zero attached hydrogens (tertiary/aromatic N) is 2. The number of ether oxygens (including phenoxy) is 1.